The highest BCUT2D eigenvalue weighted by Crippen LogP contribution is 2.39. The Kier molecular flexibility index (Phi) is 4.01. The number of nitrogen functional groups attached to an aromatic ring is 1. The standard InChI is InChI=1S/C13H23N5/c1-8(2)6-7-15-11-9(3)12(18-14)17-13(16-11)10-4-5-10/h8,10H,4-7,14H2,1-3H3,(H2,15,16,17,18). The Morgan fingerprint density at radius 3 is 2.50 bits per heavy atom. The number of nitrogens with zero attached hydrogens (tertiary/aromatic N) is 2. The molecule has 0 aromatic carbocycles. The van der Waals surface area contributed by atoms with Gasteiger partial charge in [0.05, 0.1) is 0 Å². The van der Waals surface area contributed by atoms with E-state index in [9.17, 15) is 0 Å². The summed E-state index contributed by atoms with van der Waals surface area (Å²) < 4.78 is 0. The SMILES string of the molecule is Cc1c(NN)nc(C2CC2)nc1NCCC(C)C. The molecule has 0 saturated heterocycles. The van der Waals surface area contributed by atoms with Gasteiger partial charge in [-0.1, -0.05) is 13.8 Å². The smallest absolute Gasteiger partial charge is 0.148 e. The summed E-state index contributed by atoms with van der Waals surface area (Å²) in [5.41, 5.74) is 3.66. The highest BCUT2D eigenvalue weighted by Gasteiger charge is 2.28. The number of nitrogens with one attached hydrogen (secondary N) is 2. The molecule has 1 aromatic rings. The van der Waals surface area contributed by atoms with Gasteiger partial charge in [0.25, 0.3) is 0 Å². The van der Waals surface area contributed by atoms with Crippen LogP contribution in [0.3, 0.4) is 0 Å². The van der Waals surface area contributed by atoms with Crippen molar-refractivity contribution in [1.82, 2.24) is 9.97 Å². The number of nitrogens with two attached hydrogens (primary N) is 1. The zero-order valence-corrected chi connectivity index (χ0v) is 11.5. The van der Waals surface area contributed by atoms with E-state index in [2.05, 4.69) is 34.6 Å². The third-order valence-electron chi connectivity index (χ3n) is 3.26. The van der Waals surface area contributed by atoms with Crippen molar-refractivity contribution in [3.05, 3.63) is 11.4 Å². The van der Waals surface area contributed by atoms with Crippen LogP contribution in [0, 0.1) is 12.8 Å². The van der Waals surface area contributed by atoms with E-state index in [0.29, 0.717) is 11.8 Å². The van der Waals surface area contributed by atoms with Crippen LogP contribution in [0.25, 0.3) is 0 Å². The van der Waals surface area contributed by atoms with Gasteiger partial charge >= 0.3 is 0 Å². The summed E-state index contributed by atoms with van der Waals surface area (Å²) in [7, 11) is 0. The molecule has 5 heteroatoms. The normalized spacial score (nSPS) is 14.9. The van der Waals surface area contributed by atoms with E-state index in [1.165, 1.54) is 12.8 Å². The van der Waals surface area contributed by atoms with Crippen LogP contribution < -0.4 is 16.6 Å². The first-order valence-corrected chi connectivity index (χ1v) is 6.70. The Morgan fingerprint density at radius 2 is 1.94 bits per heavy atom. The highest BCUT2D eigenvalue weighted by molar-refractivity contribution is 5.57. The summed E-state index contributed by atoms with van der Waals surface area (Å²) >= 11 is 0. The van der Waals surface area contributed by atoms with Crippen LogP contribution in [0.1, 0.15) is 50.4 Å². The van der Waals surface area contributed by atoms with E-state index in [1.54, 1.807) is 0 Å². The van der Waals surface area contributed by atoms with Crippen molar-refractivity contribution >= 4 is 11.6 Å². The average molecular weight is 249 g/mol. The molecule has 1 fully saturated rings. The second-order valence-corrected chi connectivity index (χ2v) is 5.43. The monoisotopic (exact) mass is 249 g/mol. The molecule has 0 unspecified atom stereocenters. The lowest BCUT2D eigenvalue weighted by atomic mass is 10.1. The predicted octanol–water partition coefficient (Wildman–Crippen LogP) is 2.41. The summed E-state index contributed by atoms with van der Waals surface area (Å²) in [6.45, 7) is 7.36. The molecule has 0 spiro atoms. The molecule has 1 saturated carbocycles. The van der Waals surface area contributed by atoms with Crippen LogP contribution in [-0.2, 0) is 0 Å². The fourth-order valence-electron chi connectivity index (χ4n) is 1.85. The van der Waals surface area contributed by atoms with Gasteiger partial charge in [-0.25, -0.2) is 15.8 Å². The Labute approximate surface area is 109 Å². The highest BCUT2D eigenvalue weighted by atomic mass is 15.3. The summed E-state index contributed by atoms with van der Waals surface area (Å²) in [4.78, 5) is 9.09. The van der Waals surface area contributed by atoms with Crippen molar-refractivity contribution in [1.29, 1.82) is 0 Å². The molecule has 5 nitrogen and oxygen atoms in total. The number of rotatable bonds is 6. The molecule has 4 N–H and O–H groups in total. The lowest BCUT2D eigenvalue weighted by molar-refractivity contribution is 0.606. The summed E-state index contributed by atoms with van der Waals surface area (Å²) in [5.74, 6) is 9.31. The first-order valence-electron chi connectivity index (χ1n) is 6.70. The number of aromatic nitrogens is 2. The molecule has 18 heavy (non-hydrogen) atoms. The second kappa shape index (κ2) is 5.52. The van der Waals surface area contributed by atoms with Crippen molar-refractivity contribution in [2.24, 2.45) is 11.8 Å². The van der Waals surface area contributed by atoms with Crippen molar-refractivity contribution in [2.45, 2.75) is 46.0 Å². The van der Waals surface area contributed by atoms with Crippen LogP contribution in [0.2, 0.25) is 0 Å². The summed E-state index contributed by atoms with van der Waals surface area (Å²) in [6.07, 6.45) is 3.52. The van der Waals surface area contributed by atoms with Gasteiger partial charge in [-0.3, -0.25) is 0 Å². The van der Waals surface area contributed by atoms with Gasteiger partial charge < -0.3 is 10.7 Å². The zero-order valence-electron chi connectivity index (χ0n) is 11.5. The molecule has 1 aliphatic rings. The first-order chi connectivity index (χ1) is 8.61. The van der Waals surface area contributed by atoms with Gasteiger partial charge in [0, 0.05) is 18.0 Å². The Bertz CT molecular complexity index is 412. The molecule has 1 aromatic heterocycles. The van der Waals surface area contributed by atoms with Crippen molar-refractivity contribution < 1.29 is 0 Å². The lowest BCUT2D eigenvalue weighted by Crippen LogP contribution is -2.15. The molecule has 2 rings (SSSR count). The number of hydrogen-bond acceptors (Lipinski definition) is 5. The molecule has 0 amide bonds. The molecule has 0 atom stereocenters. The van der Waals surface area contributed by atoms with Gasteiger partial charge in [0.2, 0.25) is 0 Å². The second-order valence-electron chi connectivity index (χ2n) is 5.43. The summed E-state index contributed by atoms with van der Waals surface area (Å²) in [6, 6.07) is 0. The molecule has 0 bridgehead atoms. The van der Waals surface area contributed by atoms with Gasteiger partial charge in [-0.15, -0.1) is 0 Å². The largest absolute Gasteiger partial charge is 0.370 e. The minimum Gasteiger partial charge on any atom is -0.370 e. The molecule has 0 radical (unpaired) electrons. The molecule has 0 aliphatic heterocycles. The van der Waals surface area contributed by atoms with Gasteiger partial charge in [-0.2, -0.15) is 0 Å². The quantitative estimate of drug-likeness (QED) is 0.533. The topological polar surface area (TPSA) is 75.9 Å². The van der Waals surface area contributed by atoms with Crippen LogP contribution in [0.4, 0.5) is 11.6 Å². The fourth-order valence-corrected chi connectivity index (χ4v) is 1.85. The van der Waals surface area contributed by atoms with Crippen LogP contribution >= 0.6 is 0 Å². The predicted molar refractivity (Wildman–Crippen MR) is 74.5 cm³/mol. The minimum absolute atomic E-state index is 0.531. The maximum Gasteiger partial charge on any atom is 0.148 e. The number of anilines is 2. The van der Waals surface area contributed by atoms with Gasteiger partial charge in [0.15, 0.2) is 0 Å². The molecular formula is C13H23N5. The molecule has 1 aliphatic carbocycles. The third kappa shape index (κ3) is 3.10. The van der Waals surface area contributed by atoms with Crippen LogP contribution in [0.15, 0.2) is 0 Å². The molecular weight excluding hydrogens is 226 g/mol. The lowest BCUT2D eigenvalue weighted by Gasteiger charge is -2.14. The van der Waals surface area contributed by atoms with Crippen molar-refractivity contribution in [3.8, 4) is 0 Å². The van der Waals surface area contributed by atoms with E-state index >= 15 is 0 Å². The maximum atomic E-state index is 5.52. The number of hydrazine groups is 1. The minimum atomic E-state index is 0.531. The maximum absolute atomic E-state index is 5.52. The van der Waals surface area contributed by atoms with E-state index in [0.717, 1.165) is 36.0 Å². The van der Waals surface area contributed by atoms with Gasteiger partial charge in [-0.05, 0) is 32.1 Å². The Hall–Kier alpha value is -1.36. The third-order valence-corrected chi connectivity index (χ3v) is 3.26. The van der Waals surface area contributed by atoms with E-state index < -0.39 is 0 Å². The summed E-state index contributed by atoms with van der Waals surface area (Å²) in [5, 5.41) is 3.40. The van der Waals surface area contributed by atoms with E-state index in [1.807, 2.05) is 6.92 Å². The van der Waals surface area contributed by atoms with Crippen molar-refractivity contribution in [2.75, 3.05) is 17.3 Å². The first kappa shape index (κ1) is 13.1. The zero-order chi connectivity index (χ0) is 13.1. The van der Waals surface area contributed by atoms with E-state index in [-0.39, 0.29) is 0 Å². The average Bonchev–Trinajstić information content (AvgIpc) is 3.15. The van der Waals surface area contributed by atoms with Crippen LogP contribution in [-0.4, -0.2) is 16.5 Å². The number of hydrogen-bond donors (Lipinski definition) is 3. The molecule has 100 valence electrons. The van der Waals surface area contributed by atoms with E-state index in [4.69, 9.17) is 5.84 Å². The fraction of sp³-hybridized carbons (Fsp3) is 0.692. The van der Waals surface area contributed by atoms with Crippen molar-refractivity contribution in [3.63, 3.8) is 0 Å². The van der Waals surface area contributed by atoms with Gasteiger partial charge in [0.1, 0.15) is 17.5 Å². The molecule has 1 heterocycles. The Balaban J connectivity index is 2.13. The van der Waals surface area contributed by atoms with Crippen LogP contribution in [0.5, 0.6) is 0 Å². The Morgan fingerprint density at radius 1 is 1.28 bits per heavy atom.